The minimum Gasteiger partial charge on any atom is -0.502 e. The van der Waals surface area contributed by atoms with Crippen molar-refractivity contribution >= 4 is 5.97 Å². The average molecular weight is 727 g/mol. The zero-order chi connectivity index (χ0) is 36.9. The fourth-order valence-electron chi connectivity index (χ4n) is 8.87. The first-order chi connectivity index (χ1) is 24.7. The summed E-state index contributed by atoms with van der Waals surface area (Å²) in [6.45, 7) is 7.40. The molecule has 2 aromatic carbocycles. The van der Waals surface area contributed by atoms with Crippen LogP contribution in [0.3, 0.4) is 0 Å². The summed E-state index contributed by atoms with van der Waals surface area (Å²) < 4.78 is 53.3. The maximum absolute atomic E-state index is 13.6. The van der Waals surface area contributed by atoms with Crippen LogP contribution in [0.25, 0.3) is 0 Å². The van der Waals surface area contributed by atoms with E-state index in [1.54, 1.807) is 24.3 Å². The molecule has 2 aromatic rings. The topological polar surface area (TPSA) is 184 Å². The predicted octanol–water partition coefficient (Wildman–Crippen LogP) is 2.85. The second-order valence-electron chi connectivity index (χ2n) is 15.4. The molecule has 0 aromatic heterocycles. The van der Waals surface area contributed by atoms with Gasteiger partial charge in [0.25, 0.3) is 0 Å². The van der Waals surface area contributed by atoms with E-state index in [0.717, 1.165) is 10.6 Å². The van der Waals surface area contributed by atoms with Gasteiger partial charge in [0.2, 0.25) is 12.5 Å². The number of hydrogen-bond donors (Lipinski definition) is 3. The van der Waals surface area contributed by atoms with E-state index < -0.39 is 77.9 Å². The van der Waals surface area contributed by atoms with Gasteiger partial charge < -0.3 is 58.0 Å². The van der Waals surface area contributed by atoms with Gasteiger partial charge in [-0.05, 0) is 80.6 Å². The van der Waals surface area contributed by atoms with Crippen LogP contribution in [0, 0.1) is 11.8 Å². The minimum atomic E-state index is -1.54. The number of hydrogen-bond acceptors (Lipinski definition) is 14. The molecule has 6 aliphatic rings. The van der Waals surface area contributed by atoms with Gasteiger partial charge >= 0.3 is 5.97 Å². The van der Waals surface area contributed by atoms with E-state index in [-0.39, 0.29) is 37.3 Å². The van der Waals surface area contributed by atoms with Crippen molar-refractivity contribution in [1.82, 2.24) is 5.06 Å². The monoisotopic (exact) mass is 726 g/mol. The Kier molecular flexibility index (Phi) is 8.66. The lowest BCUT2D eigenvalue weighted by molar-refractivity contribution is -0.363. The molecule has 52 heavy (non-hydrogen) atoms. The highest BCUT2D eigenvalue weighted by atomic mass is 16.8. The average Bonchev–Trinajstić information content (AvgIpc) is 3.74. The number of phenols is 1. The molecule has 8 rings (SSSR count). The lowest BCUT2D eigenvalue weighted by Gasteiger charge is -2.50. The molecule has 0 bridgehead atoms. The normalized spacial score (nSPS) is 35.9. The Morgan fingerprint density at radius 2 is 1.56 bits per heavy atom. The first-order valence-corrected chi connectivity index (χ1v) is 17.4. The molecule has 5 unspecified atom stereocenters. The fourth-order valence-corrected chi connectivity index (χ4v) is 8.87. The number of rotatable bonds is 6. The number of aliphatic hydroxyl groups excluding tert-OH is 2. The van der Waals surface area contributed by atoms with Crippen LogP contribution in [0.2, 0.25) is 0 Å². The highest BCUT2D eigenvalue weighted by Crippen LogP contribution is 2.57. The molecule has 0 spiro atoms. The Morgan fingerprint density at radius 3 is 2.21 bits per heavy atom. The molecule has 3 N–H and O–H groups in total. The van der Waals surface area contributed by atoms with Gasteiger partial charge in [0.05, 0.1) is 45.0 Å². The highest BCUT2D eigenvalue weighted by Gasteiger charge is 2.57. The summed E-state index contributed by atoms with van der Waals surface area (Å²) in [7, 11) is 2.85. The van der Waals surface area contributed by atoms with Gasteiger partial charge in [-0.15, -0.1) is 10.3 Å². The highest BCUT2D eigenvalue weighted by molar-refractivity contribution is 5.79. The van der Waals surface area contributed by atoms with E-state index in [4.69, 9.17) is 42.6 Å². The Balaban J connectivity index is 1.10. The smallest absolute Gasteiger partial charge is 0.310 e. The van der Waals surface area contributed by atoms with E-state index in [1.165, 1.54) is 14.2 Å². The van der Waals surface area contributed by atoms with E-state index in [1.807, 2.05) is 33.8 Å². The summed E-state index contributed by atoms with van der Waals surface area (Å²) in [5.74, 6) is -1.27. The van der Waals surface area contributed by atoms with Crippen LogP contribution in [-0.2, 0) is 33.7 Å². The van der Waals surface area contributed by atoms with Crippen molar-refractivity contribution in [1.29, 1.82) is 0 Å². The van der Waals surface area contributed by atoms with Crippen molar-refractivity contribution in [3.05, 3.63) is 52.6 Å². The number of carbonyl (C=O) groups excluding carboxylic acids is 1. The van der Waals surface area contributed by atoms with Crippen LogP contribution in [0.15, 0.2) is 35.9 Å². The SMILES string of the molecule is COc1cc(C2c3cc4c(cc3[C@@H](OC3O[C@@H]5CO[C@H](C6=CC(C)(C)N([O])C(C)(C)C6)O[C@H]5[C@@H](O)C3O)C3COC(=O)C23)OCO4)cc(OC)c1O. The number of methoxy groups -OCH3 is 2. The first-order valence-electron chi connectivity index (χ1n) is 17.4. The van der Waals surface area contributed by atoms with Crippen molar-refractivity contribution in [2.24, 2.45) is 11.8 Å². The van der Waals surface area contributed by atoms with Gasteiger partial charge in [0.1, 0.15) is 24.4 Å². The molecular formula is C37H44NO14. The van der Waals surface area contributed by atoms with Crippen molar-refractivity contribution < 1.29 is 68.0 Å². The Labute approximate surface area is 300 Å². The molecule has 0 amide bonds. The van der Waals surface area contributed by atoms with E-state index in [0.29, 0.717) is 34.6 Å². The third-order valence-corrected chi connectivity index (χ3v) is 11.1. The number of ether oxygens (including phenoxy) is 9. The summed E-state index contributed by atoms with van der Waals surface area (Å²) in [5.41, 5.74) is 1.19. The van der Waals surface area contributed by atoms with Gasteiger partial charge in [-0.1, -0.05) is 6.08 Å². The fraction of sp³-hybridized carbons (Fsp3) is 0.595. The van der Waals surface area contributed by atoms with Gasteiger partial charge in [0.15, 0.2) is 35.6 Å². The molecule has 0 saturated carbocycles. The number of esters is 1. The number of nitrogens with zero attached hydrogens (tertiary/aromatic N) is 1. The first kappa shape index (κ1) is 35.4. The zero-order valence-corrected chi connectivity index (χ0v) is 29.8. The molecule has 10 atom stereocenters. The van der Waals surface area contributed by atoms with E-state index >= 15 is 0 Å². The molecule has 15 nitrogen and oxygen atoms in total. The van der Waals surface area contributed by atoms with Crippen LogP contribution in [0.1, 0.15) is 62.8 Å². The summed E-state index contributed by atoms with van der Waals surface area (Å²) in [5, 5.41) is 47.6. The maximum atomic E-state index is 13.6. The van der Waals surface area contributed by atoms with Crippen molar-refractivity contribution in [3.8, 4) is 28.7 Å². The number of hydroxylamine groups is 2. The van der Waals surface area contributed by atoms with Crippen LogP contribution in [-0.4, -0.2) is 109 Å². The number of aromatic hydroxyl groups is 1. The zero-order valence-electron chi connectivity index (χ0n) is 29.8. The van der Waals surface area contributed by atoms with Crippen LogP contribution in [0.5, 0.6) is 28.7 Å². The Bertz CT molecular complexity index is 1750. The second-order valence-corrected chi connectivity index (χ2v) is 15.4. The number of cyclic esters (lactones) is 1. The lowest BCUT2D eigenvalue weighted by atomic mass is 9.66. The van der Waals surface area contributed by atoms with Crippen LogP contribution >= 0.6 is 0 Å². The Hall–Kier alpha value is -3.67. The molecule has 3 fully saturated rings. The maximum Gasteiger partial charge on any atom is 0.310 e. The van der Waals surface area contributed by atoms with E-state index in [2.05, 4.69) is 0 Å². The molecule has 1 aliphatic carbocycles. The molecule has 3 saturated heterocycles. The number of phenolic OH excluding ortho intramolecular Hbond substituents is 1. The molecular weight excluding hydrogens is 682 g/mol. The second kappa shape index (κ2) is 12.7. The number of carbonyl (C=O) groups is 1. The van der Waals surface area contributed by atoms with E-state index in [9.17, 15) is 25.3 Å². The van der Waals surface area contributed by atoms with Crippen molar-refractivity contribution in [2.45, 2.75) is 94.2 Å². The van der Waals surface area contributed by atoms with Crippen LogP contribution in [0.4, 0.5) is 0 Å². The summed E-state index contributed by atoms with van der Waals surface area (Å²) in [6.07, 6.45) is -5.53. The summed E-state index contributed by atoms with van der Waals surface area (Å²) in [6, 6.07) is 6.90. The summed E-state index contributed by atoms with van der Waals surface area (Å²) in [4.78, 5) is 13.6. The van der Waals surface area contributed by atoms with Crippen molar-refractivity contribution in [3.63, 3.8) is 0 Å². The molecule has 281 valence electrons. The molecule has 15 heteroatoms. The third-order valence-electron chi connectivity index (χ3n) is 11.1. The minimum absolute atomic E-state index is 0.00587. The lowest BCUT2D eigenvalue weighted by Crippen LogP contribution is -2.64. The third kappa shape index (κ3) is 5.60. The number of aliphatic hydroxyl groups is 2. The number of fused-ring (bicyclic) bond motifs is 4. The molecule has 5 aliphatic heterocycles. The van der Waals surface area contributed by atoms with Gasteiger partial charge in [0, 0.05) is 17.4 Å². The van der Waals surface area contributed by atoms with Crippen molar-refractivity contribution in [2.75, 3.05) is 34.2 Å². The van der Waals surface area contributed by atoms with Gasteiger partial charge in [-0.3, -0.25) is 4.79 Å². The largest absolute Gasteiger partial charge is 0.502 e. The summed E-state index contributed by atoms with van der Waals surface area (Å²) >= 11 is 0. The molecule has 1 radical (unpaired) electrons. The standard InChI is InChI=1S/C37H44NO14/c1-36(2)11-17(12-37(3,4)38(36)43)34-47-14-25-32(52-34)29(40)30(41)35(50-25)51-31-19-10-22-21(48-15-49-22)9-18(19)26(27-20(31)13-46-33(27)42)16-7-23(44-5)28(39)24(8-16)45-6/h7-11,20,25-27,29-32,34-35,39-41H,12-15H2,1-6H3/t20?,25-,26?,27?,29+,30?,31-,32-,34+,35?/m1/s1. The quantitative estimate of drug-likeness (QED) is 0.292. The molecule has 5 heterocycles. The van der Waals surface area contributed by atoms with Gasteiger partial charge in [-0.25, -0.2) is 0 Å². The van der Waals surface area contributed by atoms with Crippen LogP contribution < -0.4 is 18.9 Å². The number of benzene rings is 2. The predicted molar refractivity (Wildman–Crippen MR) is 176 cm³/mol. The Morgan fingerprint density at radius 1 is 0.885 bits per heavy atom. The van der Waals surface area contributed by atoms with Gasteiger partial charge in [-0.2, -0.15) is 0 Å².